The SMILES string of the molecule is O=C(COC1CCNCC1)N1CC(O)C1. The summed E-state index contributed by atoms with van der Waals surface area (Å²) in [4.78, 5) is 13.1. The van der Waals surface area contributed by atoms with Crippen LogP contribution in [0.15, 0.2) is 0 Å². The second-order valence-corrected chi connectivity index (χ2v) is 4.21. The quantitative estimate of drug-likeness (QED) is 0.630. The van der Waals surface area contributed by atoms with Crippen molar-refractivity contribution < 1.29 is 14.6 Å². The Morgan fingerprint density at radius 3 is 2.67 bits per heavy atom. The molecule has 2 heterocycles. The molecule has 0 unspecified atom stereocenters. The van der Waals surface area contributed by atoms with Crippen molar-refractivity contribution in [3.05, 3.63) is 0 Å². The topological polar surface area (TPSA) is 61.8 Å². The summed E-state index contributed by atoms with van der Waals surface area (Å²) in [6.07, 6.45) is 1.86. The lowest BCUT2D eigenvalue weighted by atomic mass is 10.1. The van der Waals surface area contributed by atoms with Crippen molar-refractivity contribution in [3.63, 3.8) is 0 Å². The predicted molar refractivity (Wildman–Crippen MR) is 54.4 cm³/mol. The van der Waals surface area contributed by atoms with E-state index >= 15 is 0 Å². The predicted octanol–water partition coefficient (Wildman–Crippen LogP) is -1.04. The minimum atomic E-state index is -0.326. The molecule has 5 heteroatoms. The van der Waals surface area contributed by atoms with Gasteiger partial charge in [0.15, 0.2) is 0 Å². The molecule has 0 radical (unpaired) electrons. The molecule has 2 aliphatic heterocycles. The number of aliphatic hydroxyl groups is 1. The lowest BCUT2D eigenvalue weighted by Crippen LogP contribution is -2.54. The molecule has 0 aromatic carbocycles. The number of aliphatic hydroxyl groups excluding tert-OH is 1. The monoisotopic (exact) mass is 214 g/mol. The molecule has 0 saturated carbocycles. The number of carbonyl (C=O) groups is 1. The Morgan fingerprint density at radius 1 is 1.40 bits per heavy atom. The summed E-state index contributed by atoms with van der Waals surface area (Å²) < 4.78 is 5.52. The van der Waals surface area contributed by atoms with Crippen LogP contribution in [0, 0.1) is 0 Å². The van der Waals surface area contributed by atoms with Crippen LogP contribution in [-0.4, -0.2) is 60.9 Å². The molecule has 2 aliphatic rings. The minimum Gasteiger partial charge on any atom is -0.389 e. The molecular weight excluding hydrogens is 196 g/mol. The molecule has 0 atom stereocenters. The highest BCUT2D eigenvalue weighted by molar-refractivity contribution is 5.78. The van der Waals surface area contributed by atoms with Crippen LogP contribution in [0.2, 0.25) is 0 Å². The first kappa shape index (κ1) is 10.9. The molecule has 2 fully saturated rings. The van der Waals surface area contributed by atoms with Gasteiger partial charge in [-0.15, -0.1) is 0 Å². The largest absolute Gasteiger partial charge is 0.389 e. The number of β-amino-alcohol motifs (C(OH)–C–C–N with tert-alkyl or cyclic N) is 1. The average Bonchev–Trinajstić information content (AvgIpc) is 2.23. The number of piperidine rings is 1. The molecule has 0 aromatic heterocycles. The normalized spacial score (nSPS) is 23.9. The van der Waals surface area contributed by atoms with E-state index in [4.69, 9.17) is 9.84 Å². The molecule has 5 nitrogen and oxygen atoms in total. The van der Waals surface area contributed by atoms with Gasteiger partial charge >= 0.3 is 0 Å². The van der Waals surface area contributed by atoms with Gasteiger partial charge in [-0.25, -0.2) is 0 Å². The van der Waals surface area contributed by atoms with Crippen molar-refractivity contribution in [1.82, 2.24) is 10.2 Å². The highest BCUT2D eigenvalue weighted by Gasteiger charge is 2.29. The Hall–Kier alpha value is -0.650. The number of amides is 1. The number of carbonyl (C=O) groups excluding carboxylic acids is 1. The van der Waals surface area contributed by atoms with Crippen LogP contribution in [0.25, 0.3) is 0 Å². The first-order chi connectivity index (χ1) is 7.25. The van der Waals surface area contributed by atoms with E-state index in [1.807, 2.05) is 0 Å². The molecule has 15 heavy (non-hydrogen) atoms. The average molecular weight is 214 g/mol. The van der Waals surface area contributed by atoms with Crippen LogP contribution in [0.4, 0.5) is 0 Å². The van der Waals surface area contributed by atoms with E-state index in [0.29, 0.717) is 13.1 Å². The van der Waals surface area contributed by atoms with Gasteiger partial charge in [0.1, 0.15) is 6.61 Å². The zero-order chi connectivity index (χ0) is 10.7. The zero-order valence-corrected chi connectivity index (χ0v) is 8.82. The minimum absolute atomic E-state index is 0.00108. The van der Waals surface area contributed by atoms with Gasteiger partial charge in [0.25, 0.3) is 0 Å². The molecule has 0 aromatic rings. The van der Waals surface area contributed by atoms with Crippen LogP contribution in [-0.2, 0) is 9.53 Å². The molecule has 2 rings (SSSR count). The lowest BCUT2D eigenvalue weighted by Gasteiger charge is -2.36. The van der Waals surface area contributed by atoms with E-state index in [1.54, 1.807) is 4.90 Å². The van der Waals surface area contributed by atoms with Gasteiger partial charge < -0.3 is 20.1 Å². The van der Waals surface area contributed by atoms with Gasteiger partial charge in [-0.2, -0.15) is 0 Å². The molecular formula is C10H18N2O3. The van der Waals surface area contributed by atoms with Crippen LogP contribution < -0.4 is 5.32 Å². The van der Waals surface area contributed by atoms with Crippen molar-refractivity contribution >= 4 is 5.91 Å². The molecule has 0 aliphatic carbocycles. The Morgan fingerprint density at radius 2 is 2.07 bits per heavy atom. The van der Waals surface area contributed by atoms with Gasteiger partial charge in [-0.1, -0.05) is 0 Å². The number of nitrogens with one attached hydrogen (secondary N) is 1. The van der Waals surface area contributed by atoms with Gasteiger partial charge in [0, 0.05) is 13.1 Å². The highest BCUT2D eigenvalue weighted by Crippen LogP contribution is 2.10. The summed E-state index contributed by atoms with van der Waals surface area (Å²) >= 11 is 0. The summed E-state index contributed by atoms with van der Waals surface area (Å²) in [6.45, 7) is 3.04. The van der Waals surface area contributed by atoms with Crippen molar-refractivity contribution in [1.29, 1.82) is 0 Å². The fourth-order valence-electron chi connectivity index (χ4n) is 1.90. The summed E-state index contributed by atoms with van der Waals surface area (Å²) in [6, 6.07) is 0. The van der Waals surface area contributed by atoms with Crippen molar-refractivity contribution in [3.8, 4) is 0 Å². The first-order valence-corrected chi connectivity index (χ1v) is 5.54. The third-order valence-electron chi connectivity index (χ3n) is 2.94. The summed E-state index contributed by atoms with van der Waals surface area (Å²) in [5, 5.41) is 12.3. The second kappa shape index (κ2) is 4.92. The van der Waals surface area contributed by atoms with E-state index in [9.17, 15) is 4.79 Å². The van der Waals surface area contributed by atoms with Crippen molar-refractivity contribution in [2.24, 2.45) is 0 Å². The molecule has 86 valence electrons. The molecule has 2 N–H and O–H groups in total. The zero-order valence-electron chi connectivity index (χ0n) is 8.82. The second-order valence-electron chi connectivity index (χ2n) is 4.21. The summed E-state index contributed by atoms with van der Waals surface area (Å²) in [7, 11) is 0. The maximum atomic E-state index is 11.5. The summed E-state index contributed by atoms with van der Waals surface area (Å²) in [5.41, 5.74) is 0. The third-order valence-corrected chi connectivity index (χ3v) is 2.94. The lowest BCUT2D eigenvalue weighted by molar-refractivity contribution is -0.148. The number of hydrogen-bond acceptors (Lipinski definition) is 4. The van der Waals surface area contributed by atoms with Crippen molar-refractivity contribution in [2.75, 3.05) is 32.8 Å². The Bertz CT molecular complexity index is 223. The molecule has 1 amide bonds. The van der Waals surface area contributed by atoms with Gasteiger partial charge in [-0.05, 0) is 25.9 Å². The highest BCUT2D eigenvalue weighted by atomic mass is 16.5. The Balaban J connectivity index is 1.62. The number of nitrogens with zero attached hydrogens (tertiary/aromatic N) is 1. The van der Waals surface area contributed by atoms with E-state index in [2.05, 4.69) is 5.32 Å². The molecule has 0 spiro atoms. The van der Waals surface area contributed by atoms with E-state index in [-0.39, 0.29) is 24.7 Å². The first-order valence-electron chi connectivity index (χ1n) is 5.54. The molecule has 0 bridgehead atoms. The van der Waals surface area contributed by atoms with E-state index in [1.165, 1.54) is 0 Å². The third kappa shape index (κ3) is 2.90. The van der Waals surface area contributed by atoms with Gasteiger partial charge in [-0.3, -0.25) is 4.79 Å². The van der Waals surface area contributed by atoms with E-state index in [0.717, 1.165) is 25.9 Å². The number of likely N-dealkylation sites (tertiary alicyclic amines) is 1. The van der Waals surface area contributed by atoms with Gasteiger partial charge in [0.2, 0.25) is 5.91 Å². The van der Waals surface area contributed by atoms with E-state index < -0.39 is 0 Å². The number of rotatable bonds is 3. The Labute approximate surface area is 89.4 Å². The Kier molecular flexibility index (Phi) is 3.56. The number of hydrogen-bond donors (Lipinski definition) is 2. The maximum absolute atomic E-state index is 11.5. The van der Waals surface area contributed by atoms with Crippen LogP contribution in [0.5, 0.6) is 0 Å². The summed E-state index contributed by atoms with van der Waals surface area (Å²) in [5.74, 6) is -0.00108. The fourth-order valence-corrected chi connectivity index (χ4v) is 1.90. The fraction of sp³-hybridized carbons (Fsp3) is 0.900. The number of ether oxygens (including phenoxy) is 1. The maximum Gasteiger partial charge on any atom is 0.248 e. The van der Waals surface area contributed by atoms with Crippen LogP contribution in [0.3, 0.4) is 0 Å². The van der Waals surface area contributed by atoms with Gasteiger partial charge in [0.05, 0.1) is 12.2 Å². The standard InChI is InChI=1S/C10H18N2O3/c13-8-5-12(6-8)10(14)7-15-9-1-3-11-4-2-9/h8-9,11,13H,1-7H2. The van der Waals surface area contributed by atoms with Crippen molar-refractivity contribution in [2.45, 2.75) is 25.0 Å². The van der Waals surface area contributed by atoms with Crippen LogP contribution >= 0.6 is 0 Å². The van der Waals surface area contributed by atoms with Crippen LogP contribution in [0.1, 0.15) is 12.8 Å². The molecule has 2 saturated heterocycles. The smallest absolute Gasteiger partial charge is 0.248 e.